The first-order valence-corrected chi connectivity index (χ1v) is 8.14. The summed E-state index contributed by atoms with van der Waals surface area (Å²) in [7, 11) is -3.88. The van der Waals surface area contributed by atoms with E-state index >= 15 is 0 Å². The molecule has 0 aromatic carbocycles. The first-order valence-electron chi connectivity index (χ1n) is 6.28. The molecule has 7 nitrogen and oxygen atoms in total. The summed E-state index contributed by atoms with van der Waals surface area (Å²) < 4.78 is 53.0. The van der Waals surface area contributed by atoms with E-state index in [1.165, 1.54) is 6.20 Å². The van der Waals surface area contributed by atoms with Crippen LogP contribution >= 0.6 is 11.6 Å². The van der Waals surface area contributed by atoms with Gasteiger partial charge in [0, 0.05) is 19.3 Å². The van der Waals surface area contributed by atoms with E-state index < -0.39 is 16.6 Å². The van der Waals surface area contributed by atoms with Crippen LogP contribution < -0.4 is 4.72 Å². The number of rotatable bonds is 7. The first kappa shape index (κ1) is 16.8. The number of nitrogens with zero attached hydrogens (tertiary/aromatic N) is 4. The molecule has 2 aromatic rings. The third-order valence-corrected chi connectivity index (χ3v) is 4.38. The maximum atomic E-state index is 12.4. The van der Waals surface area contributed by atoms with Crippen LogP contribution in [0.4, 0.5) is 8.78 Å². The second-order valence-corrected chi connectivity index (χ2v) is 6.97. The van der Waals surface area contributed by atoms with Gasteiger partial charge in [0.05, 0.1) is 23.6 Å². The number of alkyl halides is 2. The highest BCUT2D eigenvalue weighted by Crippen LogP contribution is 2.14. The second kappa shape index (κ2) is 6.71. The SMILES string of the molecule is C[C@@H](CNS(=O)(=O)c1cnn(C(F)F)c1)Cn1cc(Cl)cn1. The molecule has 2 aromatic heterocycles. The average molecular weight is 354 g/mol. The molecule has 0 radical (unpaired) electrons. The van der Waals surface area contributed by atoms with Crippen molar-refractivity contribution in [3.8, 4) is 0 Å². The third-order valence-electron chi connectivity index (χ3n) is 2.81. The molecule has 0 saturated heterocycles. The Kier molecular flexibility index (Phi) is 5.14. The van der Waals surface area contributed by atoms with Crippen molar-refractivity contribution < 1.29 is 17.2 Å². The summed E-state index contributed by atoms with van der Waals surface area (Å²) in [6.07, 6.45) is 4.77. The maximum Gasteiger partial charge on any atom is 0.333 e. The lowest BCUT2D eigenvalue weighted by Crippen LogP contribution is -2.30. The molecule has 122 valence electrons. The molecule has 0 aliphatic heterocycles. The molecule has 0 aliphatic rings. The first-order chi connectivity index (χ1) is 10.3. The van der Waals surface area contributed by atoms with Gasteiger partial charge in [-0.25, -0.2) is 17.8 Å². The summed E-state index contributed by atoms with van der Waals surface area (Å²) in [5.74, 6) is -0.0733. The number of sulfonamides is 1. The van der Waals surface area contributed by atoms with Gasteiger partial charge in [0.2, 0.25) is 10.0 Å². The van der Waals surface area contributed by atoms with Gasteiger partial charge in [0.25, 0.3) is 0 Å². The van der Waals surface area contributed by atoms with E-state index in [-0.39, 0.29) is 22.0 Å². The van der Waals surface area contributed by atoms with E-state index in [9.17, 15) is 17.2 Å². The van der Waals surface area contributed by atoms with Crippen molar-refractivity contribution in [2.24, 2.45) is 5.92 Å². The molecule has 0 unspecified atom stereocenters. The van der Waals surface area contributed by atoms with Crippen molar-refractivity contribution in [2.75, 3.05) is 6.54 Å². The van der Waals surface area contributed by atoms with Crippen LogP contribution in [0.25, 0.3) is 0 Å². The fourth-order valence-corrected chi connectivity index (χ4v) is 2.98. The van der Waals surface area contributed by atoms with Crippen LogP contribution in [0.3, 0.4) is 0 Å². The number of hydrogen-bond donors (Lipinski definition) is 1. The minimum atomic E-state index is -3.88. The summed E-state index contributed by atoms with van der Waals surface area (Å²) in [6, 6.07) is 0. The Morgan fingerprint density at radius 1 is 1.32 bits per heavy atom. The zero-order valence-corrected chi connectivity index (χ0v) is 13.1. The number of hydrogen-bond acceptors (Lipinski definition) is 4. The Morgan fingerprint density at radius 2 is 2.05 bits per heavy atom. The Morgan fingerprint density at radius 3 is 2.59 bits per heavy atom. The van der Waals surface area contributed by atoms with E-state index in [2.05, 4.69) is 14.9 Å². The van der Waals surface area contributed by atoms with Gasteiger partial charge in [-0.15, -0.1) is 0 Å². The highest BCUT2D eigenvalue weighted by molar-refractivity contribution is 7.89. The zero-order valence-electron chi connectivity index (χ0n) is 11.5. The van der Waals surface area contributed by atoms with E-state index in [0.29, 0.717) is 11.6 Å². The number of halogens is 3. The van der Waals surface area contributed by atoms with E-state index in [1.54, 1.807) is 10.9 Å². The van der Waals surface area contributed by atoms with Crippen LogP contribution in [0.2, 0.25) is 5.02 Å². The lowest BCUT2D eigenvalue weighted by molar-refractivity contribution is 0.0564. The molecule has 0 aliphatic carbocycles. The molecule has 1 atom stereocenters. The van der Waals surface area contributed by atoms with Crippen LogP contribution in [0.5, 0.6) is 0 Å². The van der Waals surface area contributed by atoms with Crippen LogP contribution in [0.15, 0.2) is 29.7 Å². The molecule has 0 fully saturated rings. The Hall–Kier alpha value is -1.52. The van der Waals surface area contributed by atoms with E-state index in [4.69, 9.17) is 11.6 Å². The Balaban J connectivity index is 1.93. The summed E-state index contributed by atoms with van der Waals surface area (Å²) in [5, 5.41) is 7.78. The van der Waals surface area contributed by atoms with E-state index in [0.717, 1.165) is 12.4 Å². The van der Waals surface area contributed by atoms with Gasteiger partial charge < -0.3 is 0 Å². The smallest absolute Gasteiger partial charge is 0.271 e. The highest BCUT2D eigenvalue weighted by Gasteiger charge is 2.19. The largest absolute Gasteiger partial charge is 0.333 e. The van der Waals surface area contributed by atoms with Crippen molar-refractivity contribution >= 4 is 21.6 Å². The van der Waals surface area contributed by atoms with Crippen molar-refractivity contribution in [1.29, 1.82) is 0 Å². The van der Waals surface area contributed by atoms with Crippen LogP contribution in [0, 0.1) is 5.92 Å². The predicted molar refractivity (Wildman–Crippen MR) is 75.1 cm³/mol. The Bertz CT molecular complexity index is 730. The van der Waals surface area contributed by atoms with E-state index in [1.807, 2.05) is 6.92 Å². The van der Waals surface area contributed by atoms with Gasteiger partial charge in [-0.3, -0.25) is 4.68 Å². The third kappa shape index (κ3) is 4.24. The van der Waals surface area contributed by atoms with Gasteiger partial charge in [-0.1, -0.05) is 18.5 Å². The van der Waals surface area contributed by atoms with Gasteiger partial charge in [0.1, 0.15) is 4.90 Å². The summed E-state index contributed by atoms with van der Waals surface area (Å²) in [5.41, 5.74) is 0. The van der Waals surface area contributed by atoms with Crippen molar-refractivity contribution in [2.45, 2.75) is 24.9 Å². The molecule has 0 amide bonds. The van der Waals surface area contributed by atoms with Crippen LogP contribution in [0.1, 0.15) is 13.5 Å². The molecule has 22 heavy (non-hydrogen) atoms. The summed E-state index contributed by atoms with van der Waals surface area (Å²) >= 11 is 5.74. The minimum Gasteiger partial charge on any atom is -0.271 e. The zero-order chi connectivity index (χ0) is 16.3. The fraction of sp³-hybridized carbons (Fsp3) is 0.455. The monoisotopic (exact) mass is 353 g/mol. The topological polar surface area (TPSA) is 81.8 Å². The maximum absolute atomic E-state index is 12.4. The number of aromatic nitrogens is 4. The highest BCUT2D eigenvalue weighted by atomic mass is 35.5. The number of nitrogens with one attached hydrogen (secondary N) is 1. The predicted octanol–water partition coefficient (Wildman–Crippen LogP) is 1.74. The van der Waals surface area contributed by atoms with Gasteiger partial charge in [-0.2, -0.15) is 19.0 Å². The molecule has 0 bridgehead atoms. The lowest BCUT2D eigenvalue weighted by atomic mass is 10.2. The van der Waals surface area contributed by atoms with Crippen molar-refractivity contribution in [3.05, 3.63) is 29.8 Å². The molecular formula is C11H14ClF2N5O2S. The van der Waals surface area contributed by atoms with Crippen LogP contribution in [-0.2, 0) is 16.6 Å². The quantitative estimate of drug-likeness (QED) is 0.822. The minimum absolute atomic E-state index is 0.0733. The fourth-order valence-electron chi connectivity index (χ4n) is 1.72. The lowest BCUT2D eigenvalue weighted by Gasteiger charge is -2.12. The standard InChI is InChI=1S/C11H14ClF2N5O2S/c1-8(5-18-6-9(12)3-15-18)2-17-22(20,21)10-4-16-19(7-10)11(13)14/h3-4,6-8,11,17H,2,5H2,1H3/t8-/m0/s1. The summed E-state index contributed by atoms with van der Waals surface area (Å²) in [6.45, 7) is -0.473. The molecule has 1 N–H and O–H groups in total. The average Bonchev–Trinajstić information content (AvgIpc) is 3.06. The normalized spacial score (nSPS) is 13.7. The van der Waals surface area contributed by atoms with Crippen molar-refractivity contribution in [1.82, 2.24) is 24.3 Å². The molecule has 2 heterocycles. The molecule has 2 rings (SSSR count). The molecule has 0 saturated carbocycles. The van der Waals surface area contributed by atoms with Gasteiger partial charge in [-0.05, 0) is 5.92 Å². The van der Waals surface area contributed by atoms with Gasteiger partial charge >= 0.3 is 6.55 Å². The van der Waals surface area contributed by atoms with Crippen LogP contribution in [-0.4, -0.2) is 34.5 Å². The molecule has 0 spiro atoms. The molecule has 11 heteroatoms. The van der Waals surface area contributed by atoms with Crippen molar-refractivity contribution in [3.63, 3.8) is 0 Å². The molecular weight excluding hydrogens is 340 g/mol. The Labute approximate surface area is 130 Å². The van der Waals surface area contributed by atoms with Gasteiger partial charge in [0.15, 0.2) is 0 Å². The second-order valence-electron chi connectivity index (χ2n) is 4.77. The summed E-state index contributed by atoms with van der Waals surface area (Å²) in [4.78, 5) is -0.304.